The van der Waals surface area contributed by atoms with Crippen LogP contribution in [0.2, 0.25) is 5.02 Å². The van der Waals surface area contributed by atoms with Gasteiger partial charge in [0.15, 0.2) is 0 Å². The van der Waals surface area contributed by atoms with Gasteiger partial charge >= 0.3 is 0 Å². The molecule has 0 aromatic heterocycles. The maximum absolute atomic E-state index is 12.9. The molecule has 1 aromatic rings. The molecule has 1 aliphatic rings. The molecule has 1 nitrogen and oxygen atoms in total. The van der Waals surface area contributed by atoms with Crippen LogP contribution in [0.4, 0.5) is 4.39 Å². The fourth-order valence-electron chi connectivity index (χ4n) is 1.47. The number of halogens is 2. The molecule has 1 heterocycles. The summed E-state index contributed by atoms with van der Waals surface area (Å²) in [6.45, 7) is 3.16. The molecule has 4 heteroatoms. The maximum atomic E-state index is 12.9. The van der Waals surface area contributed by atoms with Gasteiger partial charge in [0.2, 0.25) is 0 Å². The van der Waals surface area contributed by atoms with Crippen LogP contribution in [0.25, 0.3) is 0 Å². The average Bonchev–Trinajstić information content (AvgIpc) is 2.57. The van der Waals surface area contributed by atoms with E-state index < -0.39 is 0 Å². The smallest absolute Gasteiger partial charge is 0.141 e. The fraction of sp³-hybridized carbons (Fsp3) is 0.400. The topological polar surface area (TPSA) is 12.0 Å². The first-order valence-corrected chi connectivity index (χ1v) is 5.82. The van der Waals surface area contributed by atoms with Crippen LogP contribution in [0.3, 0.4) is 0 Å². The second kappa shape index (κ2) is 4.09. The van der Waals surface area contributed by atoms with Crippen molar-refractivity contribution >= 4 is 23.4 Å². The van der Waals surface area contributed by atoms with Crippen LogP contribution in [-0.2, 0) is 0 Å². The molecule has 1 N–H and O–H groups in total. The molecule has 2 atom stereocenters. The van der Waals surface area contributed by atoms with E-state index in [1.165, 1.54) is 6.07 Å². The molecule has 0 saturated carbocycles. The van der Waals surface area contributed by atoms with Crippen molar-refractivity contribution in [3.8, 4) is 0 Å². The van der Waals surface area contributed by atoms with Crippen LogP contribution in [0, 0.1) is 5.82 Å². The third-order valence-electron chi connectivity index (χ3n) is 2.21. The van der Waals surface area contributed by atoms with Crippen molar-refractivity contribution in [2.75, 3.05) is 6.54 Å². The molecule has 0 bridgehead atoms. The molecule has 0 spiro atoms. The zero-order valence-corrected chi connectivity index (χ0v) is 9.33. The summed E-state index contributed by atoms with van der Waals surface area (Å²) in [5, 5.41) is 4.40. The minimum Gasteiger partial charge on any atom is -0.301 e. The summed E-state index contributed by atoms with van der Waals surface area (Å²) in [4.78, 5) is 0. The first kappa shape index (κ1) is 10.3. The number of benzene rings is 1. The Kier molecular flexibility index (Phi) is 3.00. The number of rotatable bonds is 1. The Morgan fingerprint density at radius 3 is 2.93 bits per heavy atom. The van der Waals surface area contributed by atoms with Crippen LogP contribution in [0.15, 0.2) is 18.2 Å². The largest absolute Gasteiger partial charge is 0.301 e. The number of hydrogen-bond acceptors (Lipinski definition) is 2. The van der Waals surface area contributed by atoms with Gasteiger partial charge in [0.25, 0.3) is 0 Å². The third-order valence-corrected chi connectivity index (χ3v) is 3.84. The SMILES string of the molecule is CC1CNC(c2ccc(F)c(Cl)c2)S1. The molecule has 0 radical (unpaired) electrons. The van der Waals surface area contributed by atoms with Crippen molar-refractivity contribution in [3.05, 3.63) is 34.6 Å². The molecule has 2 rings (SSSR count). The van der Waals surface area contributed by atoms with Crippen LogP contribution >= 0.6 is 23.4 Å². The van der Waals surface area contributed by atoms with Gasteiger partial charge < -0.3 is 5.32 Å². The van der Waals surface area contributed by atoms with Crippen molar-refractivity contribution in [3.63, 3.8) is 0 Å². The van der Waals surface area contributed by atoms with E-state index in [-0.39, 0.29) is 16.2 Å². The van der Waals surface area contributed by atoms with E-state index in [0.29, 0.717) is 5.25 Å². The van der Waals surface area contributed by atoms with E-state index in [4.69, 9.17) is 11.6 Å². The molecule has 14 heavy (non-hydrogen) atoms. The predicted octanol–water partition coefficient (Wildman–Crippen LogP) is 3.20. The Morgan fingerprint density at radius 2 is 2.36 bits per heavy atom. The van der Waals surface area contributed by atoms with Gasteiger partial charge in [0.05, 0.1) is 10.4 Å². The predicted molar refractivity (Wildman–Crippen MR) is 59.2 cm³/mol. The zero-order valence-electron chi connectivity index (χ0n) is 7.76. The lowest BCUT2D eigenvalue weighted by molar-refractivity contribution is 0.626. The second-order valence-corrected chi connectivity index (χ2v) is 5.36. The number of thioether (sulfide) groups is 1. The van der Waals surface area contributed by atoms with E-state index in [0.717, 1.165) is 12.1 Å². The lowest BCUT2D eigenvalue weighted by Gasteiger charge is -2.10. The lowest BCUT2D eigenvalue weighted by Crippen LogP contribution is -2.13. The van der Waals surface area contributed by atoms with E-state index in [9.17, 15) is 4.39 Å². The summed E-state index contributed by atoms with van der Waals surface area (Å²) < 4.78 is 12.9. The molecule has 1 aromatic carbocycles. The van der Waals surface area contributed by atoms with E-state index in [1.54, 1.807) is 12.1 Å². The number of hydrogen-bond donors (Lipinski definition) is 1. The van der Waals surface area contributed by atoms with Gasteiger partial charge in [-0.15, -0.1) is 11.8 Å². The van der Waals surface area contributed by atoms with E-state index in [1.807, 2.05) is 11.8 Å². The van der Waals surface area contributed by atoms with E-state index >= 15 is 0 Å². The minimum absolute atomic E-state index is 0.199. The van der Waals surface area contributed by atoms with Gasteiger partial charge in [-0.25, -0.2) is 4.39 Å². The van der Waals surface area contributed by atoms with Crippen molar-refractivity contribution < 1.29 is 4.39 Å². The van der Waals surface area contributed by atoms with Crippen LogP contribution in [0.5, 0.6) is 0 Å². The average molecular weight is 232 g/mol. The van der Waals surface area contributed by atoms with Crippen molar-refractivity contribution in [2.24, 2.45) is 0 Å². The Balaban J connectivity index is 2.20. The van der Waals surface area contributed by atoms with Gasteiger partial charge in [0.1, 0.15) is 5.82 Å². The second-order valence-electron chi connectivity index (χ2n) is 3.41. The van der Waals surface area contributed by atoms with Gasteiger partial charge in [-0.3, -0.25) is 0 Å². The van der Waals surface area contributed by atoms with Crippen molar-refractivity contribution in [2.45, 2.75) is 17.5 Å². The molecule has 1 saturated heterocycles. The van der Waals surface area contributed by atoms with Crippen LogP contribution in [-0.4, -0.2) is 11.8 Å². The lowest BCUT2D eigenvalue weighted by atomic mass is 10.2. The van der Waals surface area contributed by atoms with Gasteiger partial charge in [-0.2, -0.15) is 0 Å². The highest BCUT2D eigenvalue weighted by Crippen LogP contribution is 2.35. The number of nitrogens with one attached hydrogen (secondary N) is 1. The molecule has 76 valence electrons. The Morgan fingerprint density at radius 1 is 1.57 bits per heavy atom. The summed E-state index contributed by atoms with van der Waals surface area (Å²) in [5.74, 6) is -0.355. The van der Waals surface area contributed by atoms with Gasteiger partial charge in [0, 0.05) is 11.8 Å². The Labute approximate surface area is 92.0 Å². The third kappa shape index (κ3) is 2.05. The summed E-state index contributed by atoms with van der Waals surface area (Å²) in [6.07, 6.45) is 0. The maximum Gasteiger partial charge on any atom is 0.141 e. The van der Waals surface area contributed by atoms with Crippen molar-refractivity contribution in [1.82, 2.24) is 5.32 Å². The molecule has 0 aliphatic carbocycles. The molecule has 1 fully saturated rings. The van der Waals surface area contributed by atoms with Gasteiger partial charge in [-0.05, 0) is 17.7 Å². The Hall–Kier alpha value is -0.250. The molecule has 1 aliphatic heterocycles. The zero-order chi connectivity index (χ0) is 10.1. The quantitative estimate of drug-likeness (QED) is 0.797. The monoisotopic (exact) mass is 231 g/mol. The highest BCUT2D eigenvalue weighted by molar-refractivity contribution is 8.00. The molecular weight excluding hydrogens is 221 g/mol. The summed E-state index contributed by atoms with van der Waals surface area (Å²) in [6, 6.07) is 4.90. The summed E-state index contributed by atoms with van der Waals surface area (Å²) in [7, 11) is 0. The van der Waals surface area contributed by atoms with Crippen molar-refractivity contribution in [1.29, 1.82) is 0 Å². The van der Waals surface area contributed by atoms with Crippen LogP contribution < -0.4 is 5.32 Å². The molecular formula is C10H11ClFNS. The highest BCUT2D eigenvalue weighted by atomic mass is 35.5. The summed E-state index contributed by atoms with van der Waals surface area (Å²) in [5.41, 5.74) is 1.05. The minimum atomic E-state index is -0.355. The first-order valence-electron chi connectivity index (χ1n) is 4.50. The van der Waals surface area contributed by atoms with Crippen LogP contribution in [0.1, 0.15) is 17.9 Å². The summed E-state index contributed by atoms with van der Waals surface area (Å²) >= 11 is 7.56. The first-order chi connectivity index (χ1) is 6.66. The fourth-order valence-corrected chi connectivity index (χ4v) is 2.82. The molecule has 2 unspecified atom stereocenters. The van der Waals surface area contributed by atoms with E-state index in [2.05, 4.69) is 12.2 Å². The molecule has 0 amide bonds. The highest BCUT2D eigenvalue weighted by Gasteiger charge is 2.22. The Bertz CT molecular complexity index is 345. The standard InChI is InChI=1S/C10H11ClFNS/c1-6-5-13-10(14-6)7-2-3-9(12)8(11)4-7/h2-4,6,10,13H,5H2,1H3. The van der Waals surface area contributed by atoms with Gasteiger partial charge in [-0.1, -0.05) is 24.6 Å². The normalized spacial score (nSPS) is 26.8.